The summed E-state index contributed by atoms with van der Waals surface area (Å²) in [4.78, 5) is 11.3. The fraction of sp³-hybridized carbons (Fsp3) is 0. The van der Waals surface area contributed by atoms with Crippen molar-refractivity contribution in [2.24, 2.45) is 0 Å². The second-order valence-corrected chi connectivity index (χ2v) is 23.1. The zero-order chi connectivity index (χ0) is 49.7. The van der Waals surface area contributed by atoms with Gasteiger partial charge < -0.3 is 4.57 Å². The molecule has 14 rings (SSSR count). The molecule has 0 N–H and O–H groups in total. The van der Waals surface area contributed by atoms with Crippen LogP contribution in [0.2, 0.25) is 0 Å². The second-order valence-electron chi connectivity index (χ2n) is 19.3. The van der Waals surface area contributed by atoms with Gasteiger partial charge in [-0.1, -0.05) is 255 Å². The first kappa shape index (κ1) is 44.1. The van der Waals surface area contributed by atoms with Gasteiger partial charge in [0, 0.05) is 32.7 Å². The van der Waals surface area contributed by atoms with Crippen molar-refractivity contribution in [1.29, 1.82) is 0 Å². The van der Waals surface area contributed by atoms with Crippen LogP contribution >= 0.6 is 0 Å². The van der Waals surface area contributed by atoms with Gasteiger partial charge in [0.05, 0.1) is 39.1 Å². The van der Waals surface area contributed by atoms with Gasteiger partial charge in [-0.2, -0.15) is 0 Å². The summed E-state index contributed by atoms with van der Waals surface area (Å²) in [5.74, 6) is 0.611. The zero-order valence-electron chi connectivity index (χ0n) is 41.0. The minimum atomic E-state index is -3.16. The minimum absolute atomic E-state index is 0.611. The lowest BCUT2D eigenvalue weighted by atomic mass is 10.1. The number of fused-ring (bicyclic) bond motifs is 6. The summed E-state index contributed by atoms with van der Waals surface area (Å²) in [5, 5.41) is 9.89. The molecule has 0 radical (unpaired) electrons. The molecule has 5 heteroatoms. The molecule has 0 saturated carbocycles. The van der Waals surface area contributed by atoms with Crippen LogP contribution in [0, 0.1) is 0 Å². The molecule has 14 aromatic rings. The molecule has 352 valence electrons. The number of hydrogen-bond acceptors (Lipinski definition) is 2. The molecule has 75 heavy (non-hydrogen) atoms. The van der Waals surface area contributed by atoms with Crippen LogP contribution in [0.4, 0.5) is 0 Å². The standard InChI is InChI=1S/C70H48N4Si/c1-4-23-49(24-5-1)51-27-20-32-55(45-51)75(54-30-8-3-9-31-54,56-33-21-28-52(46-56)50-25-6-2-7-26-50)57-34-22-29-53(47-57)63-48-64(72-70(71-63)74-67-42-17-12-37-60(67)61-38-13-18-43-68(61)74)62-39-14-19-44-69(62)73-65-40-15-10-35-58(65)59-36-11-16-41-66(59)73/h1-48H. The highest BCUT2D eigenvalue weighted by Crippen LogP contribution is 2.38. The van der Waals surface area contributed by atoms with Crippen LogP contribution in [-0.4, -0.2) is 27.2 Å². The van der Waals surface area contributed by atoms with Gasteiger partial charge in [0.1, 0.15) is 0 Å². The Bertz CT molecular complexity index is 4230. The van der Waals surface area contributed by atoms with Crippen LogP contribution in [0.25, 0.3) is 100 Å². The molecule has 0 atom stereocenters. The fourth-order valence-electron chi connectivity index (χ4n) is 11.8. The summed E-state index contributed by atoms with van der Waals surface area (Å²) in [7, 11) is -3.16. The summed E-state index contributed by atoms with van der Waals surface area (Å²) in [6.45, 7) is 0. The summed E-state index contributed by atoms with van der Waals surface area (Å²) in [6, 6.07) is 106. The minimum Gasteiger partial charge on any atom is -0.309 e. The highest BCUT2D eigenvalue weighted by atomic mass is 28.3. The first-order valence-electron chi connectivity index (χ1n) is 25.6. The highest BCUT2D eigenvalue weighted by molar-refractivity contribution is 7.20. The van der Waals surface area contributed by atoms with Gasteiger partial charge in [0.2, 0.25) is 5.95 Å². The Hall–Kier alpha value is -9.68. The van der Waals surface area contributed by atoms with Crippen molar-refractivity contribution in [1.82, 2.24) is 19.1 Å². The monoisotopic (exact) mass is 972 g/mol. The van der Waals surface area contributed by atoms with Crippen molar-refractivity contribution >= 4 is 72.4 Å². The average Bonchev–Trinajstić information content (AvgIpc) is 4.02. The van der Waals surface area contributed by atoms with Gasteiger partial charge in [-0.15, -0.1) is 0 Å². The lowest BCUT2D eigenvalue weighted by Gasteiger charge is -2.35. The van der Waals surface area contributed by atoms with Crippen LogP contribution < -0.4 is 20.7 Å². The smallest absolute Gasteiger partial charge is 0.235 e. The fourth-order valence-corrected chi connectivity index (χ4v) is 16.6. The third kappa shape index (κ3) is 7.43. The van der Waals surface area contributed by atoms with E-state index in [1.807, 2.05) is 0 Å². The molecule has 0 aliphatic carbocycles. The molecule has 0 aliphatic rings. The van der Waals surface area contributed by atoms with Gasteiger partial charge >= 0.3 is 0 Å². The Labute approximate surface area is 436 Å². The lowest BCUT2D eigenvalue weighted by Crippen LogP contribution is -2.74. The SMILES string of the molecule is c1ccc(-c2cccc([Si](c3ccccc3)(c3cccc(-c4ccccc4)c3)c3cccc(-c4cc(-c5ccccc5-n5c6ccccc6c6ccccc65)nc(-n5c6ccccc6c6ccccc65)n4)c3)c2)cc1. The molecular formula is C70H48N4Si. The first-order chi connectivity index (χ1) is 37.2. The maximum atomic E-state index is 5.67. The predicted molar refractivity (Wildman–Crippen MR) is 316 cm³/mol. The third-order valence-corrected chi connectivity index (χ3v) is 19.8. The van der Waals surface area contributed by atoms with E-state index in [2.05, 4.69) is 300 Å². The van der Waals surface area contributed by atoms with E-state index in [4.69, 9.17) is 9.97 Å². The van der Waals surface area contributed by atoms with Crippen LogP contribution in [-0.2, 0) is 0 Å². The number of para-hydroxylation sites is 5. The Morgan fingerprint density at radius 2 is 0.613 bits per heavy atom. The number of hydrogen-bond donors (Lipinski definition) is 0. The molecule has 0 saturated heterocycles. The molecule has 0 spiro atoms. The van der Waals surface area contributed by atoms with Crippen molar-refractivity contribution in [3.63, 3.8) is 0 Å². The van der Waals surface area contributed by atoms with Gasteiger partial charge in [-0.05, 0) is 79.4 Å². The van der Waals surface area contributed by atoms with Crippen LogP contribution in [0.1, 0.15) is 0 Å². The average molecular weight is 973 g/mol. The Morgan fingerprint density at radius 3 is 1.12 bits per heavy atom. The number of aromatic nitrogens is 4. The van der Waals surface area contributed by atoms with Crippen LogP contribution in [0.15, 0.2) is 291 Å². The number of benzene rings is 11. The molecule has 0 bridgehead atoms. The molecule has 0 aliphatic heterocycles. The van der Waals surface area contributed by atoms with Gasteiger partial charge in [-0.25, -0.2) is 9.97 Å². The van der Waals surface area contributed by atoms with Gasteiger partial charge in [0.25, 0.3) is 0 Å². The largest absolute Gasteiger partial charge is 0.309 e. The molecule has 4 nitrogen and oxygen atoms in total. The molecule has 0 fully saturated rings. The van der Waals surface area contributed by atoms with E-state index >= 15 is 0 Å². The second kappa shape index (κ2) is 18.4. The van der Waals surface area contributed by atoms with E-state index in [1.54, 1.807) is 0 Å². The van der Waals surface area contributed by atoms with E-state index in [9.17, 15) is 0 Å². The van der Waals surface area contributed by atoms with Gasteiger partial charge in [0.15, 0.2) is 8.07 Å². The van der Waals surface area contributed by atoms with E-state index in [-0.39, 0.29) is 0 Å². The van der Waals surface area contributed by atoms with Crippen molar-refractivity contribution in [3.05, 3.63) is 291 Å². The summed E-state index contributed by atoms with van der Waals surface area (Å²) in [6.07, 6.45) is 0. The van der Waals surface area contributed by atoms with Crippen molar-refractivity contribution in [2.45, 2.75) is 0 Å². The molecule has 11 aromatic carbocycles. The quantitative estimate of drug-likeness (QED) is 0.101. The Morgan fingerprint density at radius 1 is 0.253 bits per heavy atom. The number of rotatable bonds is 10. The van der Waals surface area contributed by atoms with Gasteiger partial charge in [-0.3, -0.25) is 4.57 Å². The molecule has 0 amide bonds. The lowest BCUT2D eigenvalue weighted by molar-refractivity contribution is 0.994. The number of nitrogens with zero attached hydrogens (tertiary/aromatic N) is 4. The van der Waals surface area contributed by atoms with Crippen molar-refractivity contribution in [2.75, 3.05) is 0 Å². The molecule has 3 aromatic heterocycles. The summed E-state index contributed by atoms with van der Waals surface area (Å²) < 4.78 is 4.65. The summed E-state index contributed by atoms with van der Waals surface area (Å²) >= 11 is 0. The van der Waals surface area contributed by atoms with E-state index in [1.165, 1.54) is 53.8 Å². The predicted octanol–water partition coefficient (Wildman–Crippen LogP) is 14.7. The van der Waals surface area contributed by atoms with E-state index in [0.29, 0.717) is 5.95 Å². The van der Waals surface area contributed by atoms with E-state index < -0.39 is 8.07 Å². The topological polar surface area (TPSA) is 35.6 Å². The molecule has 0 unspecified atom stereocenters. The third-order valence-electron chi connectivity index (χ3n) is 15.1. The summed E-state index contributed by atoms with van der Waals surface area (Å²) in [5.41, 5.74) is 13.9. The molecular weight excluding hydrogens is 925 g/mol. The Balaban J connectivity index is 1.05. The maximum Gasteiger partial charge on any atom is 0.235 e. The highest BCUT2D eigenvalue weighted by Gasteiger charge is 2.42. The van der Waals surface area contributed by atoms with Crippen molar-refractivity contribution in [3.8, 4) is 56.4 Å². The first-order valence-corrected chi connectivity index (χ1v) is 27.6. The van der Waals surface area contributed by atoms with Crippen LogP contribution in [0.3, 0.4) is 0 Å². The van der Waals surface area contributed by atoms with Crippen LogP contribution in [0.5, 0.6) is 0 Å². The van der Waals surface area contributed by atoms with Crippen molar-refractivity contribution < 1.29 is 0 Å². The van der Waals surface area contributed by atoms with E-state index in [0.717, 1.165) is 61.0 Å². The zero-order valence-corrected chi connectivity index (χ0v) is 42.0. The molecule has 3 heterocycles. The Kier molecular flexibility index (Phi) is 10.8. The normalized spacial score (nSPS) is 11.7. The maximum absolute atomic E-state index is 5.67.